The average molecular weight is 428 g/mol. The topological polar surface area (TPSA) is 52.1 Å². The fourth-order valence-electron chi connectivity index (χ4n) is 2.13. The summed E-state index contributed by atoms with van der Waals surface area (Å²) in [4.78, 5) is 0. The van der Waals surface area contributed by atoms with Crippen molar-refractivity contribution in [1.82, 2.24) is 0 Å². The summed E-state index contributed by atoms with van der Waals surface area (Å²) < 4.78 is 17.2. The highest BCUT2D eigenvalue weighted by atomic mass is 79.9. The SMILES string of the molecule is CCOc1cc(/C=N/Nc2ccc(OC)c(Cl)c2)cc(Br)c1OCC. The van der Waals surface area contributed by atoms with E-state index in [0.29, 0.717) is 35.5 Å². The molecule has 0 spiro atoms. The van der Waals surface area contributed by atoms with Crippen LogP contribution in [0.5, 0.6) is 17.2 Å². The molecule has 0 heterocycles. The standard InChI is InChI=1S/C18H20BrClN2O3/c1-4-24-17-9-12(8-14(19)18(17)25-5-2)11-21-22-13-6-7-16(23-3)15(20)10-13/h6-11,22H,4-5H2,1-3H3/b21-11+. The molecule has 0 unspecified atom stereocenters. The van der Waals surface area contributed by atoms with Crippen LogP contribution in [0.4, 0.5) is 5.69 Å². The minimum absolute atomic E-state index is 0.519. The van der Waals surface area contributed by atoms with Crippen molar-refractivity contribution in [2.75, 3.05) is 25.7 Å². The predicted octanol–water partition coefficient (Wildman–Crippen LogP) is 5.35. The van der Waals surface area contributed by atoms with Gasteiger partial charge in [-0.25, -0.2) is 0 Å². The lowest BCUT2D eigenvalue weighted by Gasteiger charge is -2.13. The van der Waals surface area contributed by atoms with Crippen LogP contribution in [0, 0.1) is 0 Å². The third-order valence-electron chi connectivity index (χ3n) is 3.18. The summed E-state index contributed by atoms with van der Waals surface area (Å²) in [7, 11) is 1.58. The summed E-state index contributed by atoms with van der Waals surface area (Å²) in [5.74, 6) is 1.98. The van der Waals surface area contributed by atoms with Gasteiger partial charge in [-0.15, -0.1) is 0 Å². The van der Waals surface area contributed by atoms with Crippen LogP contribution < -0.4 is 19.6 Å². The van der Waals surface area contributed by atoms with Gasteiger partial charge in [0.2, 0.25) is 0 Å². The van der Waals surface area contributed by atoms with Crippen molar-refractivity contribution < 1.29 is 14.2 Å². The van der Waals surface area contributed by atoms with Gasteiger partial charge >= 0.3 is 0 Å². The van der Waals surface area contributed by atoms with E-state index in [4.69, 9.17) is 25.8 Å². The molecule has 0 amide bonds. The lowest BCUT2D eigenvalue weighted by molar-refractivity contribution is 0.286. The number of ether oxygens (including phenoxy) is 3. The van der Waals surface area contributed by atoms with Gasteiger partial charge in [0.25, 0.3) is 0 Å². The molecule has 7 heteroatoms. The Balaban J connectivity index is 2.16. The van der Waals surface area contributed by atoms with Crippen LogP contribution in [0.25, 0.3) is 0 Å². The molecule has 0 aromatic heterocycles. The van der Waals surface area contributed by atoms with Gasteiger partial charge in [-0.05, 0) is 65.7 Å². The highest BCUT2D eigenvalue weighted by Gasteiger charge is 2.11. The molecular weight excluding hydrogens is 408 g/mol. The molecule has 0 aliphatic rings. The van der Waals surface area contributed by atoms with Gasteiger partial charge in [0.15, 0.2) is 11.5 Å². The summed E-state index contributed by atoms with van der Waals surface area (Å²) in [5, 5.41) is 4.75. The van der Waals surface area contributed by atoms with Crippen LogP contribution in [0.3, 0.4) is 0 Å². The van der Waals surface area contributed by atoms with Crippen LogP contribution in [-0.2, 0) is 0 Å². The van der Waals surface area contributed by atoms with E-state index in [2.05, 4.69) is 26.5 Å². The van der Waals surface area contributed by atoms with Crippen molar-refractivity contribution in [3.05, 3.63) is 45.4 Å². The number of halogens is 2. The van der Waals surface area contributed by atoms with E-state index in [-0.39, 0.29) is 0 Å². The molecule has 134 valence electrons. The van der Waals surface area contributed by atoms with E-state index in [9.17, 15) is 0 Å². The normalized spacial score (nSPS) is 10.8. The van der Waals surface area contributed by atoms with Crippen LogP contribution in [-0.4, -0.2) is 26.5 Å². The molecule has 0 aliphatic heterocycles. The quantitative estimate of drug-likeness (QED) is 0.455. The summed E-state index contributed by atoms with van der Waals surface area (Å²) in [5.41, 5.74) is 4.57. The lowest BCUT2D eigenvalue weighted by Crippen LogP contribution is -2.00. The zero-order chi connectivity index (χ0) is 18.2. The molecule has 2 aromatic carbocycles. The van der Waals surface area contributed by atoms with E-state index < -0.39 is 0 Å². The molecular formula is C18H20BrClN2O3. The van der Waals surface area contributed by atoms with Crippen molar-refractivity contribution in [3.63, 3.8) is 0 Å². The van der Waals surface area contributed by atoms with Crippen molar-refractivity contribution in [2.45, 2.75) is 13.8 Å². The summed E-state index contributed by atoms with van der Waals surface area (Å²) in [6.07, 6.45) is 1.70. The summed E-state index contributed by atoms with van der Waals surface area (Å²) in [6.45, 7) is 4.97. The highest BCUT2D eigenvalue weighted by Crippen LogP contribution is 2.36. The minimum atomic E-state index is 0.519. The van der Waals surface area contributed by atoms with Gasteiger partial charge < -0.3 is 14.2 Å². The second-order valence-electron chi connectivity index (χ2n) is 4.92. The molecule has 2 aromatic rings. The molecule has 0 bridgehead atoms. The Hall–Kier alpha value is -1.92. The Labute approximate surface area is 161 Å². The number of nitrogens with zero attached hydrogens (tertiary/aromatic N) is 1. The fourth-order valence-corrected chi connectivity index (χ4v) is 2.96. The van der Waals surface area contributed by atoms with Crippen LogP contribution in [0.15, 0.2) is 39.9 Å². The first kappa shape index (κ1) is 19.4. The maximum Gasteiger partial charge on any atom is 0.175 e. The Morgan fingerprint density at radius 1 is 1.12 bits per heavy atom. The summed E-state index contributed by atoms with van der Waals surface area (Å²) >= 11 is 9.61. The molecule has 0 saturated carbocycles. The lowest BCUT2D eigenvalue weighted by atomic mass is 10.2. The molecule has 5 nitrogen and oxygen atoms in total. The fraction of sp³-hybridized carbons (Fsp3) is 0.278. The number of hydrogen-bond donors (Lipinski definition) is 1. The smallest absolute Gasteiger partial charge is 0.175 e. The van der Waals surface area contributed by atoms with Gasteiger partial charge in [-0.2, -0.15) is 5.10 Å². The van der Waals surface area contributed by atoms with Gasteiger partial charge in [0.1, 0.15) is 5.75 Å². The van der Waals surface area contributed by atoms with Gasteiger partial charge in [0.05, 0.1) is 41.7 Å². The molecule has 25 heavy (non-hydrogen) atoms. The monoisotopic (exact) mass is 426 g/mol. The zero-order valence-corrected chi connectivity index (χ0v) is 16.6. The summed E-state index contributed by atoms with van der Waals surface area (Å²) in [6, 6.07) is 9.16. The molecule has 2 rings (SSSR count). The van der Waals surface area contributed by atoms with Crippen molar-refractivity contribution in [2.24, 2.45) is 5.10 Å². The van der Waals surface area contributed by atoms with Crippen molar-refractivity contribution in [1.29, 1.82) is 0 Å². The number of nitrogens with one attached hydrogen (secondary N) is 1. The first-order valence-corrected chi connectivity index (χ1v) is 8.97. The first-order valence-electron chi connectivity index (χ1n) is 7.80. The van der Waals surface area contributed by atoms with Crippen molar-refractivity contribution >= 4 is 39.4 Å². The number of anilines is 1. The first-order chi connectivity index (χ1) is 12.1. The number of benzene rings is 2. The number of rotatable bonds is 8. The predicted molar refractivity (Wildman–Crippen MR) is 106 cm³/mol. The van der Waals surface area contributed by atoms with Crippen LogP contribution in [0.2, 0.25) is 5.02 Å². The largest absolute Gasteiger partial charge is 0.495 e. The maximum atomic E-state index is 6.10. The minimum Gasteiger partial charge on any atom is -0.495 e. The average Bonchev–Trinajstić information content (AvgIpc) is 2.58. The third kappa shape index (κ3) is 5.28. The van der Waals surface area contributed by atoms with Crippen LogP contribution in [0.1, 0.15) is 19.4 Å². The molecule has 0 radical (unpaired) electrons. The zero-order valence-electron chi connectivity index (χ0n) is 14.3. The number of hydrazone groups is 1. The Bertz CT molecular complexity index is 753. The Kier molecular flexibility index (Phi) is 7.40. The van der Waals surface area contributed by atoms with E-state index in [1.807, 2.05) is 32.0 Å². The second kappa shape index (κ2) is 9.53. The van der Waals surface area contributed by atoms with E-state index in [1.165, 1.54) is 0 Å². The molecule has 0 aliphatic carbocycles. The molecule has 0 fully saturated rings. The van der Waals surface area contributed by atoms with E-state index in [0.717, 1.165) is 15.7 Å². The van der Waals surface area contributed by atoms with Crippen LogP contribution >= 0.6 is 27.5 Å². The Morgan fingerprint density at radius 2 is 1.88 bits per heavy atom. The van der Waals surface area contributed by atoms with Gasteiger partial charge in [0, 0.05) is 0 Å². The second-order valence-corrected chi connectivity index (χ2v) is 6.18. The van der Waals surface area contributed by atoms with E-state index >= 15 is 0 Å². The number of hydrogen-bond acceptors (Lipinski definition) is 5. The molecule has 0 atom stereocenters. The third-order valence-corrected chi connectivity index (χ3v) is 4.06. The Morgan fingerprint density at radius 3 is 2.52 bits per heavy atom. The van der Waals surface area contributed by atoms with Crippen molar-refractivity contribution in [3.8, 4) is 17.2 Å². The van der Waals surface area contributed by atoms with Gasteiger partial charge in [-0.1, -0.05) is 11.6 Å². The molecule has 1 N–H and O–H groups in total. The van der Waals surface area contributed by atoms with E-state index in [1.54, 1.807) is 25.5 Å². The maximum absolute atomic E-state index is 6.10. The number of methoxy groups -OCH3 is 1. The molecule has 0 saturated heterocycles. The highest BCUT2D eigenvalue weighted by molar-refractivity contribution is 9.10. The van der Waals surface area contributed by atoms with Gasteiger partial charge in [-0.3, -0.25) is 5.43 Å².